The number of carbonyl (C=O) groups excluding carboxylic acids is 2. The molecular weight excluding hydrogens is 518 g/mol. The molecular formula is C18H13ClF2N6O5S2. The van der Waals surface area contributed by atoms with E-state index in [4.69, 9.17) is 17.3 Å². The van der Waals surface area contributed by atoms with Crippen molar-refractivity contribution in [2.45, 2.75) is 29.8 Å². The van der Waals surface area contributed by atoms with Gasteiger partial charge in [-0.3, -0.25) is 19.5 Å². The number of β-lactam (4-membered cyclic amide) rings is 1. The number of aliphatic carboxylic acids is 1. The van der Waals surface area contributed by atoms with E-state index >= 15 is 0 Å². The fourth-order valence-corrected chi connectivity index (χ4v) is 5.60. The van der Waals surface area contributed by atoms with Crippen LogP contribution in [0.4, 0.5) is 13.9 Å². The average Bonchev–Trinajstić information content (AvgIpc) is 3.12. The van der Waals surface area contributed by atoms with Crippen molar-refractivity contribution in [1.82, 2.24) is 20.2 Å². The summed E-state index contributed by atoms with van der Waals surface area (Å²) in [4.78, 5) is 45.6. The standard InChI is InChI=1S/C18H13ClF2N6O5S2/c19-14-11(25-18(22)34-14)12(26-32)15(28)24-10-6-1-2-7(13(17(30)31)27(6)16(10)29)33-8-4-23-3-5(20)9(8)21/h3-4,6,10,32H,1-2H2,(H2,22,25)(H,24,28)(H,30,31)/b26-12-/t6?,10-/m0/s1. The van der Waals surface area contributed by atoms with Crippen LogP contribution in [0, 0.1) is 11.6 Å². The number of halogens is 3. The number of hydrogen-bond acceptors (Lipinski definition) is 10. The number of nitrogens with zero attached hydrogens (tertiary/aromatic N) is 4. The number of carboxylic acid groups (broad SMARTS) is 1. The number of rotatable bonds is 6. The first-order valence-electron chi connectivity index (χ1n) is 9.35. The van der Waals surface area contributed by atoms with Gasteiger partial charge in [0.1, 0.15) is 21.8 Å². The number of nitrogens with two attached hydrogens (primary N) is 1. The molecule has 0 radical (unpaired) electrons. The number of hydrogen-bond donors (Lipinski definition) is 4. The van der Waals surface area contributed by atoms with Crippen LogP contribution in [0.2, 0.25) is 4.34 Å². The number of oxime groups is 1. The Bertz CT molecular complexity index is 1290. The van der Waals surface area contributed by atoms with Gasteiger partial charge in [-0.2, -0.15) is 0 Å². The minimum atomic E-state index is -1.45. The summed E-state index contributed by atoms with van der Waals surface area (Å²) < 4.78 is 27.5. The van der Waals surface area contributed by atoms with Crippen LogP contribution in [-0.2, 0) is 14.4 Å². The first kappa shape index (κ1) is 23.8. The van der Waals surface area contributed by atoms with E-state index < -0.39 is 52.9 Å². The molecule has 34 heavy (non-hydrogen) atoms. The average molecular weight is 531 g/mol. The van der Waals surface area contributed by atoms with E-state index in [-0.39, 0.29) is 37.8 Å². The summed E-state index contributed by atoms with van der Waals surface area (Å²) >= 11 is 7.46. The van der Waals surface area contributed by atoms with Crippen LogP contribution in [0.3, 0.4) is 0 Å². The molecule has 0 bridgehead atoms. The summed E-state index contributed by atoms with van der Waals surface area (Å²) in [6, 6.07) is -1.84. The molecule has 2 aliphatic rings. The number of amides is 2. The zero-order valence-corrected chi connectivity index (χ0v) is 19.0. The number of anilines is 1. The Morgan fingerprint density at radius 3 is 2.74 bits per heavy atom. The summed E-state index contributed by atoms with van der Waals surface area (Å²) in [6.07, 6.45) is 2.06. The molecule has 1 fully saturated rings. The molecule has 1 saturated heterocycles. The van der Waals surface area contributed by atoms with Crippen LogP contribution in [0.5, 0.6) is 0 Å². The Morgan fingerprint density at radius 2 is 2.12 bits per heavy atom. The van der Waals surface area contributed by atoms with E-state index in [9.17, 15) is 33.5 Å². The molecule has 4 heterocycles. The van der Waals surface area contributed by atoms with Crippen molar-refractivity contribution in [3.63, 3.8) is 0 Å². The minimum absolute atomic E-state index is 0.00323. The lowest BCUT2D eigenvalue weighted by Crippen LogP contribution is -2.72. The third kappa shape index (κ3) is 4.05. The second-order valence-electron chi connectivity index (χ2n) is 7.00. The molecule has 2 amide bonds. The summed E-state index contributed by atoms with van der Waals surface area (Å²) in [7, 11) is 0. The minimum Gasteiger partial charge on any atom is -0.477 e. The molecule has 2 aliphatic heterocycles. The highest BCUT2D eigenvalue weighted by molar-refractivity contribution is 8.03. The second-order valence-corrected chi connectivity index (χ2v) is 9.77. The number of pyridine rings is 1. The molecule has 0 saturated carbocycles. The highest BCUT2D eigenvalue weighted by Gasteiger charge is 2.54. The summed E-state index contributed by atoms with van der Waals surface area (Å²) in [5.41, 5.74) is 4.39. The van der Waals surface area contributed by atoms with Crippen molar-refractivity contribution in [1.29, 1.82) is 0 Å². The van der Waals surface area contributed by atoms with Crippen LogP contribution in [0.25, 0.3) is 0 Å². The van der Waals surface area contributed by atoms with E-state index in [0.29, 0.717) is 18.0 Å². The van der Waals surface area contributed by atoms with Gasteiger partial charge in [0, 0.05) is 11.1 Å². The number of carboxylic acids is 1. The van der Waals surface area contributed by atoms with Gasteiger partial charge in [0.2, 0.25) is 0 Å². The van der Waals surface area contributed by atoms with E-state index in [1.54, 1.807) is 0 Å². The van der Waals surface area contributed by atoms with Crippen molar-refractivity contribution >= 4 is 63.3 Å². The molecule has 0 aromatic carbocycles. The predicted molar refractivity (Wildman–Crippen MR) is 116 cm³/mol. The fraction of sp³-hybridized carbons (Fsp3) is 0.222. The summed E-state index contributed by atoms with van der Waals surface area (Å²) in [5.74, 6) is -5.54. The highest BCUT2D eigenvalue weighted by Crippen LogP contribution is 2.43. The monoisotopic (exact) mass is 530 g/mol. The number of thiazole rings is 1. The SMILES string of the molecule is Nc1nc(/C(=N/O)C(=O)N[C@@H]2C(=O)N3C(C(=O)O)=C(Sc4cncc(F)c4F)CCC23)c(Cl)s1. The third-order valence-corrected chi connectivity index (χ3v) is 7.29. The van der Waals surface area contributed by atoms with Crippen LogP contribution >= 0.6 is 34.7 Å². The van der Waals surface area contributed by atoms with Crippen molar-refractivity contribution in [2.24, 2.45) is 5.16 Å². The van der Waals surface area contributed by atoms with Gasteiger partial charge < -0.3 is 21.4 Å². The first-order valence-corrected chi connectivity index (χ1v) is 11.4. The van der Waals surface area contributed by atoms with Crippen molar-refractivity contribution in [3.8, 4) is 0 Å². The third-order valence-electron chi connectivity index (χ3n) is 5.06. The molecule has 4 rings (SSSR count). The normalized spacial score (nSPS) is 20.1. The first-order chi connectivity index (χ1) is 16.1. The lowest BCUT2D eigenvalue weighted by atomic mass is 9.86. The Kier molecular flexibility index (Phi) is 6.42. The Balaban J connectivity index is 1.55. The molecule has 11 nitrogen and oxygen atoms in total. The van der Waals surface area contributed by atoms with Gasteiger partial charge in [0.25, 0.3) is 11.8 Å². The Labute approximate surface area is 202 Å². The Morgan fingerprint density at radius 1 is 1.38 bits per heavy atom. The largest absolute Gasteiger partial charge is 0.477 e. The smallest absolute Gasteiger partial charge is 0.353 e. The number of thioether (sulfide) groups is 1. The zero-order chi connectivity index (χ0) is 24.7. The zero-order valence-electron chi connectivity index (χ0n) is 16.7. The number of aromatic nitrogens is 2. The van der Waals surface area contributed by atoms with Crippen LogP contribution in [0.15, 0.2) is 33.0 Å². The van der Waals surface area contributed by atoms with Crippen LogP contribution < -0.4 is 11.1 Å². The van der Waals surface area contributed by atoms with E-state index in [1.165, 1.54) is 0 Å². The second kappa shape index (κ2) is 9.15. The molecule has 16 heteroatoms. The number of carbonyl (C=O) groups is 3. The summed E-state index contributed by atoms with van der Waals surface area (Å²) in [5, 5.41) is 24.3. The quantitative estimate of drug-likeness (QED) is 0.188. The predicted octanol–water partition coefficient (Wildman–Crippen LogP) is 1.81. The van der Waals surface area contributed by atoms with Gasteiger partial charge in [0.15, 0.2) is 22.5 Å². The van der Waals surface area contributed by atoms with Gasteiger partial charge in [-0.05, 0) is 12.8 Å². The molecule has 5 N–H and O–H groups in total. The number of allylic oxidation sites excluding steroid dienone is 1. The summed E-state index contributed by atoms with van der Waals surface area (Å²) in [6.45, 7) is 0. The maximum atomic E-state index is 14.0. The van der Waals surface area contributed by atoms with E-state index in [0.717, 1.165) is 22.4 Å². The van der Waals surface area contributed by atoms with Gasteiger partial charge in [-0.1, -0.05) is 39.9 Å². The molecule has 2 aromatic rings. The molecule has 2 atom stereocenters. The topological polar surface area (TPSA) is 171 Å². The Hall–Kier alpha value is -3.30. The number of nitrogen functional groups attached to an aromatic ring is 1. The highest BCUT2D eigenvalue weighted by atomic mass is 35.5. The molecule has 1 unspecified atom stereocenters. The van der Waals surface area contributed by atoms with Crippen molar-refractivity contribution in [3.05, 3.63) is 44.7 Å². The fourth-order valence-electron chi connectivity index (χ4n) is 3.61. The molecule has 0 spiro atoms. The van der Waals surface area contributed by atoms with Crippen LogP contribution in [0.1, 0.15) is 18.5 Å². The van der Waals surface area contributed by atoms with Crippen molar-refractivity contribution < 1.29 is 33.5 Å². The van der Waals surface area contributed by atoms with E-state index in [2.05, 4.69) is 20.4 Å². The van der Waals surface area contributed by atoms with Crippen LogP contribution in [-0.4, -0.2) is 60.8 Å². The van der Waals surface area contributed by atoms with Gasteiger partial charge in [0.05, 0.1) is 17.1 Å². The van der Waals surface area contributed by atoms with Gasteiger partial charge in [-0.25, -0.2) is 18.6 Å². The maximum absolute atomic E-state index is 14.0. The van der Waals surface area contributed by atoms with Gasteiger partial charge in [-0.15, -0.1) is 0 Å². The maximum Gasteiger partial charge on any atom is 0.353 e. The van der Waals surface area contributed by atoms with Crippen molar-refractivity contribution in [2.75, 3.05) is 5.73 Å². The molecule has 0 aliphatic carbocycles. The lowest BCUT2D eigenvalue weighted by molar-refractivity contribution is -0.155. The van der Waals surface area contributed by atoms with Gasteiger partial charge >= 0.3 is 5.97 Å². The number of fused-ring (bicyclic) bond motifs is 1. The molecule has 2 aromatic heterocycles. The number of nitrogens with one attached hydrogen (secondary N) is 1. The molecule has 178 valence electrons. The lowest BCUT2D eigenvalue weighted by Gasteiger charge is -2.50. The van der Waals surface area contributed by atoms with E-state index in [1.807, 2.05) is 0 Å².